The largest absolute Gasteiger partial charge is 0.461 e. The first-order chi connectivity index (χ1) is 18.5. The molecule has 0 unspecified atom stereocenters. The molecule has 1 fully saturated rings. The second-order valence-electron chi connectivity index (χ2n) is 9.75. The zero-order valence-corrected chi connectivity index (χ0v) is 20.8. The first kappa shape index (κ1) is 22.8. The summed E-state index contributed by atoms with van der Waals surface area (Å²) in [5.74, 6) is -2.06. The number of anilines is 2. The highest BCUT2D eigenvalue weighted by Gasteiger charge is 2.70. The Bertz CT molecular complexity index is 1660. The molecule has 1 aromatic heterocycles. The van der Waals surface area contributed by atoms with E-state index in [0.29, 0.717) is 16.8 Å². The normalized spacial score (nSPS) is 24.6. The number of Topliss-reactive ketones (excluding diaryl/α,β-unsaturated/α-hetero) is 2. The van der Waals surface area contributed by atoms with Crippen LogP contribution in [0.25, 0.3) is 6.08 Å². The maximum atomic E-state index is 14.5. The van der Waals surface area contributed by atoms with E-state index in [1.54, 1.807) is 36.4 Å². The number of halogens is 1. The van der Waals surface area contributed by atoms with Crippen LogP contribution in [0, 0.1) is 5.92 Å². The van der Waals surface area contributed by atoms with Crippen molar-refractivity contribution in [3.63, 3.8) is 0 Å². The minimum absolute atomic E-state index is 0.0978. The topological polar surface area (TPSA) is 79.6 Å². The van der Waals surface area contributed by atoms with Crippen molar-refractivity contribution in [3.05, 3.63) is 125 Å². The van der Waals surface area contributed by atoms with Crippen molar-refractivity contribution in [3.8, 4) is 0 Å². The summed E-state index contributed by atoms with van der Waals surface area (Å²) in [5, 5.41) is 3.30. The van der Waals surface area contributed by atoms with Crippen molar-refractivity contribution in [1.29, 1.82) is 0 Å². The van der Waals surface area contributed by atoms with Crippen molar-refractivity contribution in [2.45, 2.75) is 17.5 Å². The summed E-state index contributed by atoms with van der Waals surface area (Å²) in [4.78, 5) is 45.0. The summed E-state index contributed by atoms with van der Waals surface area (Å²) in [6.45, 7) is 0. The van der Waals surface area contributed by atoms with E-state index >= 15 is 0 Å². The lowest BCUT2D eigenvalue weighted by Crippen LogP contribution is -2.51. The van der Waals surface area contributed by atoms with Gasteiger partial charge in [-0.15, -0.1) is 0 Å². The van der Waals surface area contributed by atoms with Crippen LogP contribution in [0.2, 0.25) is 5.02 Å². The highest BCUT2D eigenvalue weighted by Crippen LogP contribution is 2.58. The number of para-hydroxylation sites is 2. The minimum Gasteiger partial charge on any atom is -0.461 e. The number of rotatable bonds is 4. The number of benzene rings is 3. The van der Waals surface area contributed by atoms with Crippen LogP contribution in [-0.4, -0.2) is 29.6 Å². The smallest absolute Gasteiger partial charge is 0.238 e. The van der Waals surface area contributed by atoms with Crippen LogP contribution in [0.15, 0.2) is 102 Å². The van der Waals surface area contributed by atoms with Crippen LogP contribution in [0.5, 0.6) is 0 Å². The molecule has 0 bridgehead atoms. The van der Waals surface area contributed by atoms with Gasteiger partial charge in [0.05, 0.1) is 23.2 Å². The number of carbonyl (C=O) groups excluding carboxylic acids is 3. The van der Waals surface area contributed by atoms with E-state index < -0.39 is 29.2 Å². The lowest BCUT2D eigenvalue weighted by atomic mass is 9.64. The third kappa shape index (κ3) is 2.92. The van der Waals surface area contributed by atoms with Gasteiger partial charge in [-0.05, 0) is 47.5 Å². The maximum absolute atomic E-state index is 14.5. The Balaban J connectivity index is 1.56. The number of carbonyl (C=O) groups is 3. The Hall–Kier alpha value is -4.42. The first-order valence-corrected chi connectivity index (χ1v) is 12.7. The number of nitrogens with one attached hydrogen (secondary N) is 1. The molecule has 3 aliphatic heterocycles. The molecule has 4 atom stereocenters. The van der Waals surface area contributed by atoms with E-state index in [0.717, 1.165) is 11.3 Å². The molecule has 3 aliphatic rings. The van der Waals surface area contributed by atoms with Gasteiger partial charge in [0, 0.05) is 16.9 Å². The van der Waals surface area contributed by atoms with Crippen LogP contribution in [0.3, 0.4) is 0 Å². The van der Waals surface area contributed by atoms with Crippen LogP contribution in [-0.2, 0) is 10.2 Å². The Morgan fingerprint density at radius 3 is 2.47 bits per heavy atom. The summed E-state index contributed by atoms with van der Waals surface area (Å²) < 4.78 is 5.56. The zero-order chi connectivity index (χ0) is 26.0. The Morgan fingerprint density at radius 2 is 1.66 bits per heavy atom. The van der Waals surface area contributed by atoms with Crippen LogP contribution in [0.1, 0.15) is 32.0 Å². The predicted octanol–water partition coefficient (Wildman–Crippen LogP) is 5.79. The number of ketones is 2. The standard InChI is InChI=1S/C31H21ClN2O4/c32-21-11-4-2-9-19(21)28(35)27-26(29(36)24-14-7-17-38-24)31(20-10-3-5-12-22(20)33-30(31)37)25-16-15-18-8-1-6-13-23(18)34(25)27/h1-17,25-27H,(H,33,37)/t25-,26+,27+,31-/m1/s1. The molecule has 0 aliphatic carbocycles. The lowest BCUT2D eigenvalue weighted by Gasteiger charge is -2.37. The molecule has 38 heavy (non-hydrogen) atoms. The van der Waals surface area contributed by atoms with Crippen molar-refractivity contribution in [1.82, 2.24) is 0 Å². The number of hydrogen-bond acceptors (Lipinski definition) is 5. The van der Waals surface area contributed by atoms with Crippen LogP contribution < -0.4 is 10.2 Å². The fourth-order valence-corrected chi connectivity index (χ4v) is 6.74. The minimum atomic E-state index is -1.38. The maximum Gasteiger partial charge on any atom is 0.238 e. The van der Waals surface area contributed by atoms with E-state index in [1.165, 1.54) is 6.26 Å². The van der Waals surface area contributed by atoms with Crippen molar-refractivity contribution in [2.24, 2.45) is 5.92 Å². The van der Waals surface area contributed by atoms with Gasteiger partial charge in [-0.2, -0.15) is 0 Å². The van der Waals surface area contributed by atoms with Gasteiger partial charge in [0.2, 0.25) is 11.7 Å². The molecule has 1 N–H and O–H groups in total. The van der Waals surface area contributed by atoms with Gasteiger partial charge >= 0.3 is 0 Å². The predicted molar refractivity (Wildman–Crippen MR) is 145 cm³/mol. The second kappa shape index (κ2) is 8.30. The SMILES string of the molecule is O=C(c1ccccc1Cl)[C@@H]1[C@@H](C(=O)c2ccco2)[C@]2(C(=O)Nc3ccccc32)[C@H]2C=Cc3ccccc3N12. The molecule has 4 aromatic rings. The molecular formula is C31H21ClN2O4. The van der Waals surface area contributed by atoms with Gasteiger partial charge in [-0.3, -0.25) is 14.4 Å². The molecular weight excluding hydrogens is 500 g/mol. The van der Waals surface area contributed by atoms with E-state index in [-0.39, 0.29) is 22.5 Å². The Labute approximate surface area is 223 Å². The molecule has 7 rings (SSSR count). The molecule has 186 valence electrons. The van der Waals surface area contributed by atoms with Gasteiger partial charge in [0.1, 0.15) is 11.5 Å². The fraction of sp³-hybridized carbons (Fsp3) is 0.129. The molecule has 0 radical (unpaired) electrons. The van der Waals surface area contributed by atoms with E-state index in [1.807, 2.05) is 65.6 Å². The third-order valence-electron chi connectivity index (χ3n) is 8.00. The molecule has 4 heterocycles. The molecule has 1 amide bonds. The monoisotopic (exact) mass is 520 g/mol. The summed E-state index contributed by atoms with van der Waals surface area (Å²) in [5.41, 5.74) is 1.90. The first-order valence-electron chi connectivity index (χ1n) is 12.4. The molecule has 3 aromatic carbocycles. The van der Waals surface area contributed by atoms with Gasteiger partial charge in [-0.1, -0.05) is 72.3 Å². The van der Waals surface area contributed by atoms with Crippen molar-refractivity contribution in [2.75, 3.05) is 10.2 Å². The van der Waals surface area contributed by atoms with Gasteiger partial charge in [-0.25, -0.2) is 0 Å². The molecule has 1 spiro atoms. The number of hydrogen-bond donors (Lipinski definition) is 1. The summed E-state index contributed by atoms with van der Waals surface area (Å²) in [6.07, 6.45) is 5.32. The summed E-state index contributed by atoms with van der Waals surface area (Å²) in [7, 11) is 0. The van der Waals surface area contributed by atoms with Gasteiger partial charge < -0.3 is 14.6 Å². The average Bonchev–Trinajstić information content (AvgIpc) is 3.65. The fourth-order valence-electron chi connectivity index (χ4n) is 6.51. The highest BCUT2D eigenvalue weighted by molar-refractivity contribution is 6.34. The third-order valence-corrected chi connectivity index (χ3v) is 8.33. The van der Waals surface area contributed by atoms with Gasteiger partial charge in [0.15, 0.2) is 11.5 Å². The highest BCUT2D eigenvalue weighted by atomic mass is 35.5. The number of nitrogens with zero attached hydrogens (tertiary/aromatic N) is 1. The molecule has 7 heteroatoms. The second-order valence-corrected chi connectivity index (χ2v) is 10.2. The molecule has 6 nitrogen and oxygen atoms in total. The van der Waals surface area contributed by atoms with Crippen LogP contribution in [0.4, 0.5) is 11.4 Å². The van der Waals surface area contributed by atoms with E-state index in [2.05, 4.69) is 5.32 Å². The summed E-state index contributed by atoms with van der Waals surface area (Å²) >= 11 is 6.52. The quantitative estimate of drug-likeness (QED) is 0.345. The van der Waals surface area contributed by atoms with Gasteiger partial charge in [0.25, 0.3) is 0 Å². The number of amides is 1. The Morgan fingerprint density at radius 1 is 0.895 bits per heavy atom. The molecule has 0 saturated carbocycles. The number of furan rings is 1. The Kier molecular flexibility index (Phi) is 4.97. The van der Waals surface area contributed by atoms with Crippen LogP contribution >= 0.6 is 11.6 Å². The average molecular weight is 521 g/mol. The summed E-state index contributed by atoms with van der Waals surface area (Å²) in [6, 6.07) is 23.4. The van der Waals surface area contributed by atoms with Crippen molar-refractivity contribution < 1.29 is 18.8 Å². The zero-order valence-electron chi connectivity index (χ0n) is 20.0. The van der Waals surface area contributed by atoms with Crippen molar-refractivity contribution >= 4 is 46.5 Å². The van der Waals surface area contributed by atoms with E-state index in [9.17, 15) is 14.4 Å². The lowest BCUT2D eigenvalue weighted by molar-refractivity contribution is -0.121. The number of fused-ring (bicyclic) bond motifs is 6. The molecule has 1 saturated heterocycles. The van der Waals surface area contributed by atoms with E-state index in [4.69, 9.17) is 16.0 Å².